The van der Waals surface area contributed by atoms with Gasteiger partial charge in [-0.2, -0.15) is 0 Å². The van der Waals surface area contributed by atoms with Crippen molar-refractivity contribution in [2.24, 2.45) is 0 Å². The molecule has 5 heteroatoms. The SMILES string of the molecule is C=C(C[C@@](C)(N[S+]([O-])C(C)(C)C)C(=O)OCC)c1ccccc1. The summed E-state index contributed by atoms with van der Waals surface area (Å²) in [5.74, 6) is -0.422. The fourth-order valence-corrected chi connectivity index (χ4v) is 2.87. The second kappa shape index (κ2) is 7.99. The number of nitrogens with one attached hydrogen (secondary N) is 1. The number of ether oxygens (including phenoxy) is 1. The zero-order valence-electron chi connectivity index (χ0n) is 14.6. The summed E-state index contributed by atoms with van der Waals surface area (Å²) >= 11 is -1.40. The van der Waals surface area contributed by atoms with E-state index in [1.54, 1.807) is 13.8 Å². The third-order valence-corrected chi connectivity index (χ3v) is 5.10. The van der Waals surface area contributed by atoms with Crippen LogP contribution in [0.3, 0.4) is 0 Å². The van der Waals surface area contributed by atoms with Crippen LogP contribution < -0.4 is 4.72 Å². The van der Waals surface area contributed by atoms with Gasteiger partial charge in [-0.15, -0.1) is 4.72 Å². The van der Waals surface area contributed by atoms with Gasteiger partial charge in [0.05, 0.1) is 6.61 Å². The molecular weight excluding hydrogens is 310 g/mol. The van der Waals surface area contributed by atoms with Gasteiger partial charge in [-0.05, 0) is 45.8 Å². The standard InChI is InChI=1S/C18H27NO3S/c1-7-22-16(20)18(6,19-23(21)17(3,4)5)13-14(2)15-11-9-8-10-12-15/h8-12,19H,2,7,13H2,1,3-6H3/t18-,23?/m1/s1. The highest BCUT2D eigenvalue weighted by Gasteiger charge is 2.43. The predicted octanol–water partition coefficient (Wildman–Crippen LogP) is 3.46. The summed E-state index contributed by atoms with van der Waals surface area (Å²) in [6.07, 6.45) is 0.317. The largest absolute Gasteiger partial charge is 0.598 e. The molecule has 2 atom stereocenters. The zero-order valence-corrected chi connectivity index (χ0v) is 15.5. The van der Waals surface area contributed by atoms with Crippen LogP contribution in [-0.2, 0) is 20.9 Å². The Labute approximate surface area is 142 Å². The van der Waals surface area contributed by atoms with Crippen LogP contribution in [0.2, 0.25) is 0 Å². The second-order valence-electron chi connectivity index (χ2n) is 6.68. The first-order valence-corrected chi connectivity index (χ1v) is 8.85. The van der Waals surface area contributed by atoms with Crippen LogP contribution in [0.1, 0.15) is 46.6 Å². The van der Waals surface area contributed by atoms with E-state index in [1.165, 1.54) is 0 Å². The van der Waals surface area contributed by atoms with E-state index in [4.69, 9.17) is 4.74 Å². The fourth-order valence-electron chi connectivity index (χ4n) is 2.00. The molecule has 1 unspecified atom stereocenters. The van der Waals surface area contributed by atoms with Crippen molar-refractivity contribution >= 4 is 22.9 Å². The number of esters is 1. The van der Waals surface area contributed by atoms with E-state index in [0.29, 0.717) is 6.42 Å². The van der Waals surface area contributed by atoms with Crippen LogP contribution >= 0.6 is 0 Å². The molecule has 0 aliphatic rings. The van der Waals surface area contributed by atoms with Gasteiger partial charge in [0.2, 0.25) is 0 Å². The Hall–Kier alpha value is -1.30. The molecule has 0 fully saturated rings. The summed E-state index contributed by atoms with van der Waals surface area (Å²) in [6, 6.07) is 9.64. The summed E-state index contributed by atoms with van der Waals surface area (Å²) < 4.78 is 20.1. The van der Waals surface area contributed by atoms with E-state index in [-0.39, 0.29) is 6.61 Å². The molecule has 23 heavy (non-hydrogen) atoms. The minimum Gasteiger partial charge on any atom is -0.598 e. The molecule has 0 aromatic heterocycles. The molecule has 0 saturated heterocycles. The van der Waals surface area contributed by atoms with Gasteiger partial charge in [0, 0.05) is 17.8 Å². The van der Waals surface area contributed by atoms with Gasteiger partial charge in [0.1, 0.15) is 4.75 Å². The molecule has 0 saturated carbocycles. The Bertz CT molecular complexity index is 539. The normalized spacial score (nSPS) is 15.6. The van der Waals surface area contributed by atoms with Crippen LogP contribution in [0.5, 0.6) is 0 Å². The highest BCUT2D eigenvalue weighted by Crippen LogP contribution is 2.27. The van der Waals surface area contributed by atoms with Crippen LogP contribution in [-0.4, -0.2) is 27.4 Å². The summed E-state index contributed by atoms with van der Waals surface area (Å²) in [5.41, 5.74) is 0.645. The zero-order chi connectivity index (χ0) is 17.7. The molecule has 1 aromatic rings. The lowest BCUT2D eigenvalue weighted by Crippen LogP contribution is -2.56. The quantitative estimate of drug-likeness (QED) is 0.611. The Balaban J connectivity index is 3.00. The molecule has 128 valence electrons. The number of rotatable bonds is 7. The Morgan fingerprint density at radius 3 is 2.30 bits per heavy atom. The van der Waals surface area contributed by atoms with E-state index in [2.05, 4.69) is 11.3 Å². The third kappa shape index (κ3) is 5.68. The molecule has 0 bridgehead atoms. The van der Waals surface area contributed by atoms with Gasteiger partial charge in [0.15, 0.2) is 5.54 Å². The van der Waals surface area contributed by atoms with E-state index in [1.807, 2.05) is 51.1 Å². The van der Waals surface area contributed by atoms with E-state index < -0.39 is 27.6 Å². The van der Waals surface area contributed by atoms with Crippen molar-refractivity contribution in [3.05, 3.63) is 42.5 Å². The van der Waals surface area contributed by atoms with E-state index >= 15 is 0 Å². The van der Waals surface area contributed by atoms with Gasteiger partial charge in [-0.25, -0.2) is 4.79 Å². The third-order valence-electron chi connectivity index (χ3n) is 3.35. The van der Waals surface area contributed by atoms with E-state index in [0.717, 1.165) is 11.1 Å². The maximum absolute atomic E-state index is 12.5. The van der Waals surface area contributed by atoms with Gasteiger partial charge in [-0.1, -0.05) is 36.9 Å². The Kier molecular flexibility index (Phi) is 6.86. The number of benzene rings is 1. The van der Waals surface area contributed by atoms with Gasteiger partial charge >= 0.3 is 5.97 Å². The summed E-state index contributed by atoms with van der Waals surface area (Å²) in [5, 5.41) is 0. The van der Waals surface area contributed by atoms with Gasteiger partial charge < -0.3 is 9.29 Å². The van der Waals surface area contributed by atoms with Crippen molar-refractivity contribution in [3.8, 4) is 0 Å². The number of carbonyl (C=O) groups is 1. The second-order valence-corrected chi connectivity index (χ2v) is 8.65. The molecule has 0 heterocycles. The summed E-state index contributed by atoms with van der Waals surface area (Å²) in [6.45, 7) is 13.4. The first-order chi connectivity index (χ1) is 10.6. The maximum atomic E-state index is 12.5. The Morgan fingerprint density at radius 2 is 1.83 bits per heavy atom. The van der Waals surface area contributed by atoms with Crippen molar-refractivity contribution in [2.45, 2.75) is 51.3 Å². The smallest absolute Gasteiger partial charge is 0.330 e. The predicted molar refractivity (Wildman–Crippen MR) is 96.2 cm³/mol. The molecule has 0 spiro atoms. The molecule has 0 radical (unpaired) electrons. The summed E-state index contributed by atoms with van der Waals surface area (Å²) in [7, 11) is 0. The first kappa shape index (κ1) is 19.7. The highest BCUT2D eigenvalue weighted by molar-refractivity contribution is 7.90. The van der Waals surface area contributed by atoms with Crippen LogP contribution in [0.25, 0.3) is 5.57 Å². The monoisotopic (exact) mass is 337 g/mol. The molecule has 0 aliphatic carbocycles. The number of carbonyl (C=O) groups excluding carboxylic acids is 1. The average molecular weight is 337 g/mol. The lowest BCUT2D eigenvalue weighted by Gasteiger charge is -2.33. The minimum atomic E-state index is -1.40. The van der Waals surface area contributed by atoms with Gasteiger partial charge in [0.25, 0.3) is 0 Å². The Morgan fingerprint density at radius 1 is 1.26 bits per heavy atom. The lowest BCUT2D eigenvalue weighted by atomic mass is 9.91. The van der Waals surface area contributed by atoms with E-state index in [9.17, 15) is 9.35 Å². The van der Waals surface area contributed by atoms with Gasteiger partial charge in [-0.3, -0.25) is 0 Å². The minimum absolute atomic E-state index is 0.274. The van der Waals surface area contributed by atoms with Crippen molar-refractivity contribution in [2.75, 3.05) is 6.61 Å². The summed E-state index contributed by atoms with van der Waals surface area (Å²) in [4.78, 5) is 12.4. The van der Waals surface area contributed by atoms with Crippen molar-refractivity contribution in [1.82, 2.24) is 4.72 Å². The lowest BCUT2D eigenvalue weighted by molar-refractivity contribution is -0.149. The highest BCUT2D eigenvalue weighted by atomic mass is 32.2. The molecule has 4 nitrogen and oxygen atoms in total. The van der Waals surface area contributed by atoms with Crippen molar-refractivity contribution in [1.29, 1.82) is 0 Å². The fraction of sp³-hybridized carbons (Fsp3) is 0.500. The van der Waals surface area contributed by atoms with Crippen LogP contribution in [0.4, 0.5) is 0 Å². The molecule has 0 amide bonds. The molecule has 1 rings (SSSR count). The number of hydrogen-bond donors (Lipinski definition) is 1. The topological polar surface area (TPSA) is 61.4 Å². The van der Waals surface area contributed by atoms with Crippen LogP contribution in [0, 0.1) is 0 Å². The molecule has 0 aliphatic heterocycles. The number of hydrogen-bond acceptors (Lipinski definition) is 4. The van der Waals surface area contributed by atoms with Crippen molar-refractivity contribution < 1.29 is 14.1 Å². The molecule has 1 N–H and O–H groups in total. The first-order valence-electron chi connectivity index (χ1n) is 7.70. The maximum Gasteiger partial charge on any atom is 0.330 e. The molecular formula is C18H27NO3S. The molecule has 1 aromatic carbocycles. The van der Waals surface area contributed by atoms with Crippen LogP contribution in [0.15, 0.2) is 36.9 Å². The average Bonchev–Trinajstić information content (AvgIpc) is 2.47. The van der Waals surface area contributed by atoms with Crippen molar-refractivity contribution in [3.63, 3.8) is 0 Å².